The van der Waals surface area contributed by atoms with Crippen molar-refractivity contribution < 1.29 is 4.74 Å². The number of ether oxygens (including phenoxy) is 1. The highest BCUT2D eigenvalue weighted by molar-refractivity contribution is 4.93. The molecule has 2 fully saturated rings. The third-order valence-electron chi connectivity index (χ3n) is 3.59. The normalized spacial score (nSPS) is 32.1. The Hall–Kier alpha value is -0.120. The van der Waals surface area contributed by atoms with Crippen LogP contribution in [0.5, 0.6) is 0 Å². The van der Waals surface area contributed by atoms with Gasteiger partial charge in [0.2, 0.25) is 0 Å². The second-order valence-electron chi connectivity index (χ2n) is 4.61. The van der Waals surface area contributed by atoms with Gasteiger partial charge in [-0.25, -0.2) is 0 Å². The third-order valence-corrected chi connectivity index (χ3v) is 3.59. The standard InChI is InChI=1S/C10H20N2O/c11-9(12)10(6-8-7-13-8)4-2-1-3-5-10/h8-9H,1-7,11-12H2. The van der Waals surface area contributed by atoms with E-state index in [1.807, 2.05) is 0 Å². The van der Waals surface area contributed by atoms with Crippen molar-refractivity contribution in [2.45, 2.75) is 50.8 Å². The summed E-state index contributed by atoms with van der Waals surface area (Å²) < 4.78 is 5.28. The highest BCUT2D eigenvalue weighted by Crippen LogP contribution is 2.43. The molecule has 1 saturated heterocycles. The fourth-order valence-corrected chi connectivity index (χ4v) is 2.57. The summed E-state index contributed by atoms with van der Waals surface area (Å²) in [5.74, 6) is 0. The van der Waals surface area contributed by atoms with E-state index >= 15 is 0 Å². The van der Waals surface area contributed by atoms with Gasteiger partial charge in [-0.15, -0.1) is 0 Å². The van der Waals surface area contributed by atoms with Gasteiger partial charge in [-0.1, -0.05) is 19.3 Å². The molecular weight excluding hydrogens is 164 g/mol. The van der Waals surface area contributed by atoms with Crippen LogP contribution >= 0.6 is 0 Å². The first-order valence-corrected chi connectivity index (χ1v) is 5.36. The number of hydrogen-bond donors (Lipinski definition) is 2. The van der Waals surface area contributed by atoms with Crippen molar-refractivity contribution in [3.05, 3.63) is 0 Å². The molecule has 1 heterocycles. The molecule has 76 valence electrons. The molecule has 3 nitrogen and oxygen atoms in total. The highest BCUT2D eigenvalue weighted by Gasteiger charge is 2.41. The van der Waals surface area contributed by atoms with Crippen molar-refractivity contribution in [2.75, 3.05) is 6.61 Å². The summed E-state index contributed by atoms with van der Waals surface area (Å²) in [5.41, 5.74) is 12.0. The molecule has 1 atom stereocenters. The quantitative estimate of drug-likeness (QED) is 0.507. The van der Waals surface area contributed by atoms with Crippen molar-refractivity contribution in [2.24, 2.45) is 16.9 Å². The number of rotatable bonds is 3. The molecule has 4 N–H and O–H groups in total. The number of nitrogens with two attached hydrogens (primary N) is 2. The highest BCUT2D eigenvalue weighted by atomic mass is 16.6. The second-order valence-corrected chi connectivity index (χ2v) is 4.61. The SMILES string of the molecule is NC(N)C1(CC2CO2)CCCCC1. The Morgan fingerprint density at radius 1 is 1.23 bits per heavy atom. The zero-order valence-corrected chi connectivity index (χ0v) is 8.17. The summed E-state index contributed by atoms with van der Waals surface area (Å²) in [6.45, 7) is 0.925. The molecule has 2 aliphatic rings. The molecule has 1 aliphatic carbocycles. The molecule has 0 amide bonds. The van der Waals surface area contributed by atoms with Crippen molar-refractivity contribution >= 4 is 0 Å². The first kappa shape index (κ1) is 9.44. The summed E-state index contributed by atoms with van der Waals surface area (Å²) in [6, 6.07) is 0. The van der Waals surface area contributed by atoms with Gasteiger partial charge in [0.1, 0.15) is 0 Å². The second kappa shape index (κ2) is 3.56. The van der Waals surface area contributed by atoms with E-state index in [1.54, 1.807) is 0 Å². The summed E-state index contributed by atoms with van der Waals surface area (Å²) in [4.78, 5) is 0. The largest absolute Gasteiger partial charge is 0.373 e. The van der Waals surface area contributed by atoms with Gasteiger partial charge in [-0.05, 0) is 19.3 Å². The zero-order chi connectivity index (χ0) is 9.31. The van der Waals surface area contributed by atoms with E-state index < -0.39 is 0 Å². The van der Waals surface area contributed by atoms with Gasteiger partial charge < -0.3 is 16.2 Å². The minimum Gasteiger partial charge on any atom is -0.373 e. The lowest BCUT2D eigenvalue weighted by Gasteiger charge is -2.40. The number of hydrogen-bond acceptors (Lipinski definition) is 3. The number of epoxide rings is 1. The Labute approximate surface area is 79.8 Å². The van der Waals surface area contributed by atoms with E-state index in [-0.39, 0.29) is 11.6 Å². The van der Waals surface area contributed by atoms with Crippen molar-refractivity contribution in [3.63, 3.8) is 0 Å². The van der Waals surface area contributed by atoms with Gasteiger partial charge in [-0.3, -0.25) is 0 Å². The van der Waals surface area contributed by atoms with Crippen LogP contribution in [0.3, 0.4) is 0 Å². The van der Waals surface area contributed by atoms with Crippen LogP contribution in [0.4, 0.5) is 0 Å². The van der Waals surface area contributed by atoms with E-state index in [9.17, 15) is 0 Å². The van der Waals surface area contributed by atoms with E-state index in [2.05, 4.69) is 0 Å². The fraction of sp³-hybridized carbons (Fsp3) is 1.00. The first-order valence-electron chi connectivity index (χ1n) is 5.36. The van der Waals surface area contributed by atoms with Gasteiger partial charge in [0.25, 0.3) is 0 Å². The molecule has 0 spiro atoms. The van der Waals surface area contributed by atoms with Crippen molar-refractivity contribution in [1.29, 1.82) is 0 Å². The fourth-order valence-electron chi connectivity index (χ4n) is 2.57. The maximum atomic E-state index is 5.90. The minimum absolute atomic E-state index is 0.156. The molecule has 2 rings (SSSR count). The molecule has 0 aromatic carbocycles. The smallest absolute Gasteiger partial charge is 0.0816 e. The zero-order valence-electron chi connectivity index (χ0n) is 8.17. The molecule has 13 heavy (non-hydrogen) atoms. The molecule has 3 heteroatoms. The Bertz CT molecular complexity index is 172. The molecule has 0 radical (unpaired) electrons. The van der Waals surface area contributed by atoms with Gasteiger partial charge in [0.15, 0.2) is 0 Å². The maximum Gasteiger partial charge on any atom is 0.0816 e. The van der Waals surface area contributed by atoms with E-state index in [0.717, 1.165) is 13.0 Å². The predicted octanol–water partition coefficient (Wildman–Crippen LogP) is 0.969. The third kappa shape index (κ3) is 2.03. The first-order chi connectivity index (χ1) is 6.23. The summed E-state index contributed by atoms with van der Waals surface area (Å²) >= 11 is 0. The van der Waals surface area contributed by atoms with Gasteiger partial charge in [0.05, 0.1) is 18.9 Å². The molecule has 1 aliphatic heterocycles. The van der Waals surface area contributed by atoms with Crippen LogP contribution < -0.4 is 11.5 Å². The van der Waals surface area contributed by atoms with Crippen LogP contribution in [0.25, 0.3) is 0 Å². The van der Waals surface area contributed by atoms with Gasteiger partial charge >= 0.3 is 0 Å². The predicted molar refractivity (Wildman–Crippen MR) is 52.0 cm³/mol. The van der Waals surface area contributed by atoms with Crippen LogP contribution in [0, 0.1) is 5.41 Å². The van der Waals surface area contributed by atoms with Crippen molar-refractivity contribution in [1.82, 2.24) is 0 Å². The minimum atomic E-state index is -0.156. The lowest BCUT2D eigenvalue weighted by Crippen LogP contribution is -2.50. The lowest BCUT2D eigenvalue weighted by molar-refractivity contribution is 0.119. The molecule has 0 aromatic heterocycles. The molecule has 1 saturated carbocycles. The van der Waals surface area contributed by atoms with Gasteiger partial charge in [0, 0.05) is 5.41 Å². The molecule has 1 unspecified atom stereocenters. The Morgan fingerprint density at radius 2 is 1.85 bits per heavy atom. The van der Waals surface area contributed by atoms with Crippen LogP contribution in [-0.2, 0) is 4.74 Å². The molecule has 0 bridgehead atoms. The van der Waals surface area contributed by atoms with Crippen LogP contribution in [0.15, 0.2) is 0 Å². The monoisotopic (exact) mass is 184 g/mol. The summed E-state index contributed by atoms with van der Waals surface area (Å²) in [6.07, 6.45) is 7.72. The summed E-state index contributed by atoms with van der Waals surface area (Å²) in [7, 11) is 0. The lowest BCUT2D eigenvalue weighted by atomic mass is 9.69. The van der Waals surface area contributed by atoms with Crippen molar-refractivity contribution in [3.8, 4) is 0 Å². The van der Waals surface area contributed by atoms with Gasteiger partial charge in [-0.2, -0.15) is 0 Å². The average molecular weight is 184 g/mol. The summed E-state index contributed by atoms with van der Waals surface area (Å²) in [5, 5.41) is 0. The Balaban J connectivity index is 1.98. The Morgan fingerprint density at radius 3 is 2.31 bits per heavy atom. The van der Waals surface area contributed by atoms with E-state index in [4.69, 9.17) is 16.2 Å². The van der Waals surface area contributed by atoms with E-state index in [1.165, 1.54) is 32.1 Å². The van der Waals surface area contributed by atoms with Crippen LogP contribution in [0.2, 0.25) is 0 Å². The Kier molecular flexibility index (Phi) is 2.58. The molecule has 0 aromatic rings. The van der Waals surface area contributed by atoms with Crippen LogP contribution in [0.1, 0.15) is 38.5 Å². The topological polar surface area (TPSA) is 64.6 Å². The maximum absolute atomic E-state index is 5.90. The van der Waals surface area contributed by atoms with E-state index in [0.29, 0.717) is 6.10 Å². The molecular formula is C10H20N2O. The average Bonchev–Trinajstić information content (AvgIpc) is 2.90. The van der Waals surface area contributed by atoms with Crippen LogP contribution in [-0.4, -0.2) is 18.9 Å².